The highest BCUT2D eigenvalue weighted by molar-refractivity contribution is 7.80. The van der Waals surface area contributed by atoms with Crippen molar-refractivity contribution in [2.24, 2.45) is 0 Å². The zero-order valence-electron chi connectivity index (χ0n) is 9.66. The summed E-state index contributed by atoms with van der Waals surface area (Å²) in [4.78, 5) is 24.8. The van der Waals surface area contributed by atoms with E-state index in [4.69, 9.17) is 4.55 Å². The van der Waals surface area contributed by atoms with Gasteiger partial charge in [-0.15, -0.1) is 15.6 Å². The van der Waals surface area contributed by atoms with Crippen molar-refractivity contribution in [3.8, 4) is 0 Å². The van der Waals surface area contributed by atoms with Crippen molar-refractivity contribution in [2.45, 2.75) is 12.1 Å². The molecule has 2 bridgehead atoms. The molecule has 3 rings (SSSR count). The van der Waals surface area contributed by atoms with Crippen molar-refractivity contribution in [1.29, 1.82) is 0 Å². The number of thiophene rings is 1. The van der Waals surface area contributed by atoms with Crippen LogP contribution in [0.2, 0.25) is 0 Å². The number of carboxylic acids is 1. The molecule has 2 amide bonds. The van der Waals surface area contributed by atoms with Crippen LogP contribution in [0.25, 0.3) is 0 Å². The molecule has 11 heteroatoms. The first kappa shape index (κ1) is 13.3. The van der Waals surface area contributed by atoms with E-state index in [1.54, 1.807) is 11.4 Å². The molecule has 0 aliphatic carbocycles. The van der Waals surface area contributed by atoms with Gasteiger partial charge in [-0.2, -0.15) is 13.5 Å². The number of hydrogen-bond acceptors (Lipinski definition) is 6. The number of hydrogen-bond donors (Lipinski definition) is 2. The number of carboxylic acid groups (broad SMARTS) is 1. The third-order valence-electron chi connectivity index (χ3n) is 3.14. The minimum Gasteiger partial charge on any atom is -0.479 e. The third-order valence-corrected chi connectivity index (χ3v) is 4.48. The first-order valence-electron chi connectivity index (χ1n) is 5.36. The van der Waals surface area contributed by atoms with Crippen LogP contribution >= 0.6 is 11.3 Å². The maximum absolute atomic E-state index is 12.0. The van der Waals surface area contributed by atoms with E-state index in [0.717, 1.165) is 16.2 Å². The Morgan fingerprint density at radius 3 is 2.80 bits per heavy atom. The lowest BCUT2D eigenvalue weighted by atomic mass is 10.00. The van der Waals surface area contributed by atoms with Crippen molar-refractivity contribution >= 4 is 33.7 Å². The standard InChI is InChI=1S/C9H8N2O7S2/c12-8(13)6-7-4(1-2-19-7)5-3-10(6)9(14)11(5)18-20(15,16)17/h1-2,5-6H,3H2,(H,12,13)(H,15,16,17)/t5-,6-/m0/s1. The molecule has 2 aliphatic rings. The minimum absolute atomic E-state index is 0.0188. The van der Waals surface area contributed by atoms with Gasteiger partial charge in [0.1, 0.15) is 6.04 Å². The summed E-state index contributed by atoms with van der Waals surface area (Å²) in [7, 11) is -4.87. The number of nitrogens with zero attached hydrogens (tertiary/aromatic N) is 2. The molecule has 1 aromatic heterocycles. The monoisotopic (exact) mass is 320 g/mol. The molecule has 2 aliphatic heterocycles. The first-order valence-corrected chi connectivity index (χ1v) is 7.61. The largest absolute Gasteiger partial charge is 0.479 e. The fourth-order valence-corrected chi connectivity index (χ4v) is 3.87. The van der Waals surface area contributed by atoms with Crippen LogP contribution in [0.4, 0.5) is 4.79 Å². The normalized spacial score (nSPS) is 24.9. The van der Waals surface area contributed by atoms with Gasteiger partial charge in [0.15, 0.2) is 6.04 Å². The second-order valence-corrected chi connectivity index (χ2v) is 6.21. The molecule has 2 atom stereocenters. The molecule has 20 heavy (non-hydrogen) atoms. The van der Waals surface area contributed by atoms with Gasteiger partial charge in [-0.25, -0.2) is 9.59 Å². The molecular weight excluding hydrogens is 312 g/mol. The second-order valence-electron chi connectivity index (χ2n) is 4.26. The van der Waals surface area contributed by atoms with Crippen LogP contribution in [0.15, 0.2) is 11.4 Å². The highest BCUT2D eigenvalue weighted by Crippen LogP contribution is 2.46. The lowest BCUT2D eigenvalue weighted by molar-refractivity contribution is -0.142. The van der Waals surface area contributed by atoms with E-state index < -0.39 is 34.5 Å². The summed E-state index contributed by atoms with van der Waals surface area (Å²) in [6.45, 7) is -0.0188. The molecule has 3 heterocycles. The van der Waals surface area contributed by atoms with E-state index in [0.29, 0.717) is 15.5 Å². The number of carbonyl (C=O) groups is 2. The van der Waals surface area contributed by atoms with E-state index in [9.17, 15) is 23.1 Å². The highest BCUT2D eigenvalue weighted by atomic mass is 32.3. The smallest absolute Gasteiger partial charge is 0.418 e. The summed E-state index contributed by atoms with van der Waals surface area (Å²) in [5.74, 6) is -1.21. The van der Waals surface area contributed by atoms with Gasteiger partial charge in [-0.1, -0.05) is 0 Å². The second kappa shape index (κ2) is 4.15. The quantitative estimate of drug-likeness (QED) is 0.772. The Morgan fingerprint density at radius 1 is 1.50 bits per heavy atom. The Labute approximate surface area is 116 Å². The predicted molar refractivity (Wildman–Crippen MR) is 64.0 cm³/mol. The molecule has 1 aromatic rings. The molecule has 0 unspecified atom stereocenters. The van der Waals surface area contributed by atoms with E-state index in [1.165, 1.54) is 0 Å². The van der Waals surface area contributed by atoms with Crippen LogP contribution < -0.4 is 0 Å². The fraction of sp³-hybridized carbons (Fsp3) is 0.333. The maximum Gasteiger partial charge on any atom is 0.418 e. The van der Waals surface area contributed by atoms with Crippen LogP contribution in [0.1, 0.15) is 22.5 Å². The van der Waals surface area contributed by atoms with Crippen molar-refractivity contribution in [2.75, 3.05) is 6.54 Å². The fourth-order valence-electron chi connectivity index (χ4n) is 2.44. The van der Waals surface area contributed by atoms with Gasteiger partial charge in [0.2, 0.25) is 0 Å². The summed E-state index contributed by atoms with van der Waals surface area (Å²) in [6, 6.07) is -1.25. The first-order chi connectivity index (χ1) is 9.29. The van der Waals surface area contributed by atoms with E-state index in [2.05, 4.69) is 4.28 Å². The van der Waals surface area contributed by atoms with Gasteiger partial charge in [0.25, 0.3) is 0 Å². The van der Waals surface area contributed by atoms with Gasteiger partial charge in [0, 0.05) is 4.88 Å². The lowest BCUT2D eigenvalue weighted by Crippen LogP contribution is -2.38. The molecule has 0 spiro atoms. The van der Waals surface area contributed by atoms with Gasteiger partial charge in [-0.05, 0) is 17.0 Å². The molecule has 1 saturated heterocycles. The van der Waals surface area contributed by atoms with Crippen molar-refractivity contribution in [1.82, 2.24) is 9.96 Å². The topological polar surface area (TPSA) is 124 Å². The average Bonchev–Trinajstić information content (AvgIpc) is 2.88. The summed E-state index contributed by atoms with van der Waals surface area (Å²) in [5.41, 5.74) is 0.508. The summed E-state index contributed by atoms with van der Waals surface area (Å²) >= 11 is 1.16. The van der Waals surface area contributed by atoms with E-state index in [-0.39, 0.29) is 6.54 Å². The van der Waals surface area contributed by atoms with Crippen molar-refractivity contribution in [3.63, 3.8) is 0 Å². The van der Waals surface area contributed by atoms with Crippen LogP contribution in [0.5, 0.6) is 0 Å². The Kier molecular flexibility index (Phi) is 2.76. The van der Waals surface area contributed by atoms with Gasteiger partial charge in [-0.3, -0.25) is 4.55 Å². The predicted octanol–water partition coefficient (Wildman–Crippen LogP) is 0.401. The van der Waals surface area contributed by atoms with Crippen LogP contribution in [-0.2, 0) is 19.5 Å². The average molecular weight is 320 g/mol. The maximum atomic E-state index is 12.0. The van der Waals surface area contributed by atoms with Crippen LogP contribution in [0.3, 0.4) is 0 Å². The molecule has 1 fully saturated rings. The van der Waals surface area contributed by atoms with Gasteiger partial charge < -0.3 is 10.0 Å². The Hall–Kier alpha value is -1.69. The van der Waals surface area contributed by atoms with Crippen molar-refractivity contribution < 1.29 is 31.9 Å². The lowest BCUT2D eigenvalue weighted by Gasteiger charge is -2.27. The molecule has 0 aromatic carbocycles. The summed E-state index contributed by atoms with van der Waals surface area (Å²) in [5, 5.41) is 11.4. The molecule has 0 saturated carbocycles. The number of aliphatic carboxylic acids is 1. The zero-order valence-corrected chi connectivity index (χ0v) is 11.3. The SMILES string of the molecule is O=C(O)[C@@H]1c2sccc2[C@@H]2CN1C(=O)N2OS(=O)(=O)O. The van der Waals surface area contributed by atoms with Crippen LogP contribution in [-0.4, -0.2) is 46.6 Å². The zero-order chi connectivity index (χ0) is 14.7. The third kappa shape index (κ3) is 1.86. The molecule has 2 N–H and O–H groups in total. The van der Waals surface area contributed by atoms with Gasteiger partial charge >= 0.3 is 22.4 Å². The number of rotatable bonds is 3. The van der Waals surface area contributed by atoms with Gasteiger partial charge in [0.05, 0.1) is 6.54 Å². The molecule has 108 valence electrons. The minimum atomic E-state index is -4.87. The van der Waals surface area contributed by atoms with Crippen LogP contribution in [0, 0.1) is 0 Å². The Bertz CT molecular complexity index is 697. The number of amides is 2. The molecular formula is C9H8N2O7S2. The molecule has 9 nitrogen and oxygen atoms in total. The Balaban J connectivity index is 2.07. The highest BCUT2D eigenvalue weighted by Gasteiger charge is 2.52. The number of hydroxylamine groups is 2. The van der Waals surface area contributed by atoms with E-state index >= 15 is 0 Å². The number of fused-ring (bicyclic) bond motifs is 4. The van der Waals surface area contributed by atoms with Crippen molar-refractivity contribution in [3.05, 3.63) is 21.9 Å². The number of urea groups is 1. The Morgan fingerprint density at radius 2 is 2.20 bits per heavy atom. The molecule has 0 radical (unpaired) electrons. The summed E-state index contributed by atoms with van der Waals surface area (Å²) < 4.78 is 34.6. The van der Waals surface area contributed by atoms with E-state index in [1.807, 2.05) is 0 Å². The number of carbonyl (C=O) groups excluding carboxylic acids is 1. The summed E-state index contributed by atoms with van der Waals surface area (Å²) in [6.07, 6.45) is 0.